The van der Waals surface area contributed by atoms with Gasteiger partial charge in [0.1, 0.15) is 23.9 Å². The van der Waals surface area contributed by atoms with Gasteiger partial charge in [0.05, 0.1) is 32.5 Å². The van der Waals surface area contributed by atoms with Gasteiger partial charge in [-0.1, -0.05) is 86.5 Å². The van der Waals surface area contributed by atoms with Crippen LogP contribution in [0.4, 0.5) is 10.5 Å². The minimum absolute atomic E-state index is 0.0641. The maximum atomic E-state index is 14.1. The third-order valence-corrected chi connectivity index (χ3v) is 8.61. The van der Waals surface area contributed by atoms with E-state index in [1.165, 1.54) is 19.1 Å². The number of para-hydroxylation sites is 1. The second-order valence-electron chi connectivity index (χ2n) is 11.9. The molecule has 3 amide bonds. The fraction of sp³-hybridized carbons (Fsp3) is 0.308. The lowest BCUT2D eigenvalue weighted by Crippen LogP contribution is -2.55. The topological polar surface area (TPSA) is 133 Å². The van der Waals surface area contributed by atoms with Gasteiger partial charge in [0.2, 0.25) is 0 Å². The summed E-state index contributed by atoms with van der Waals surface area (Å²) in [4.78, 5) is 42.1. The Bertz CT molecular complexity index is 1720. The van der Waals surface area contributed by atoms with Crippen LogP contribution in [0.3, 0.4) is 0 Å². The monoisotopic (exact) mass is 680 g/mol. The third kappa shape index (κ3) is 8.53. The summed E-state index contributed by atoms with van der Waals surface area (Å²) in [7, 11) is 3.02. The van der Waals surface area contributed by atoms with Crippen molar-refractivity contribution in [1.82, 2.24) is 10.4 Å². The molecule has 0 saturated heterocycles. The molecule has 0 radical (unpaired) electrons. The number of nitrogens with one attached hydrogen (secondary N) is 1. The first kappa shape index (κ1) is 35.7. The highest BCUT2D eigenvalue weighted by Gasteiger charge is 2.31. The molecule has 50 heavy (non-hydrogen) atoms. The molecule has 1 aliphatic carbocycles. The second-order valence-corrected chi connectivity index (χ2v) is 11.9. The van der Waals surface area contributed by atoms with E-state index in [4.69, 9.17) is 24.7 Å². The number of carbonyl (C=O) groups excluding carboxylic acids is 3. The summed E-state index contributed by atoms with van der Waals surface area (Å²) < 4.78 is 22.7. The van der Waals surface area contributed by atoms with Crippen molar-refractivity contribution in [3.8, 4) is 28.4 Å². The average molecular weight is 681 g/mol. The van der Waals surface area contributed by atoms with Gasteiger partial charge in [-0.05, 0) is 52.9 Å². The van der Waals surface area contributed by atoms with Gasteiger partial charge < -0.3 is 24.7 Å². The van der Waals surface area contributed by atoms with Crippen LogP contribution >= 0.6 is 0 Å². The number of unbranched alkanes of at least 4 members (excludes halogenated alkanes) is 1. The minimum Gasteiger partial charge on any atom is -0.497 e. The maximum Gasteiger partial charge on any atom is 0.414 e. The highest BCUT2D eigenvalue weighted by molar-refractivity contribution is 5.91. The molecule has 5 rings (SSSR count). The Balaban J connectivity index is 1.38. The molecule has 1 atom stereocenters. The summed E-state index contributed by atoms with van der Waals surface area (Å²) in [5, 5.41) is 1.15. The Kier molecular flexibility index (Phi) is 12.3. The summed E-state index contributed by atoms with van der Waals surface area (Å²) in [5.74, 6) is 0.191. The lowest BCUT2D eigenvalue weighted by atomic mass is 9.98. The van der Waals surface area contributed by atoms with E-state index in [0.717, 1.165) is 40.1 Å². The molecule has 0 bridgehead atoms. The first-order chi connectivity index (χ1) is 24.3. The molecule has 0 aromatic heterocycles. The van der Waals surface area contributed by atoms with Crippen LogP contribution in [-0.2, 0) is 14.3 Å². The van der Waals surface area contributed by atoms with Crippen molar-refractivity contribution in [2.75, 3.05) is 45.4 Å². The zero-order chi connectivity index (χ0) is 35.5. The number of rotatable bonds is 15. The smallest absolute Gasteiger partial charge is 0.414 e. The number of ether oxygens (including phenoxy) is 4. The van der Waals surface area contributed by atoms with Gasteiger partial charge in [-0.25, -0.2) is 4.79 Å². The number of methoxy groups -OCH3 is 2. The van der Waals surface area contributed by atoms with Gasteiger partial charge in [0.15, 0.2) is 6.61 Å². The number of fused-ring (bicyclic) bond motifs is 3. The van der Waals surface area contributed by atoms with Crippen LogP contribution in [-0.4, -0.2) is 69.5 Å². The van der Waals surface area contributed by atoms with Crippen LogP contribution < -0.4 is 30.3 Å². The summed E-state index contributed by atoms with van der Waals surface area (Å²) >= 11 is 0. The Morgan fingerprint density at radius 2 is 1.48 bits per heavy atom. The van der Waals surface area contributed by atoms with Crippen LogP contribution in [0.1, 0.15) is 43.2 Å². The summed E-state index contributed by atoms with van der Waals surface area (Å²) in [6.45, 7) is 1.59. The number of anilines is 1. The number of hydrogen-bond donors (Lipinski definition) is 2. The fourth-order valence-electron chi connectivity index (χ4n) is 6.01. The first-order valence-corrected chi connectivity index (χ1v) is 16.7. The zero-order valence-corrected chi connectivity index (χ0v) is 28.7. The molecule has 11 nitrogen and oxygen atoms in total. The summed E-state index contributed by atoms with van der Waals surface area (Å²) in [5.41, 5.74) is 13.7. The molecule has 4 aromatic carbocycles. The molecule has 0 aliphatic heterocycles. The Morgan fingerprint density at radius 3 is 2.12 bits per heavy atom. The van der Waals surface area contributed by atoms with E-state index < -0.39 is 23.9 Å². The normalized spacial score (nSPS) is 12.2. The quantitative estimate of drug-likeness (QED) is 0.148. The van der Waals surface area contributed by atoms with E-state index in [1.54, 1.807) is 42.5 Å². The van der Waals surface area contributed by atoms with E-state index in [1.807, 2.05) is 49.4 Å². The first-order valence-electron chi connectivity index (χ1n) is 16.7. The number of nitrogens with two attached hydrogens (primary N) is 1. The molecule has 11 heteroatoms. The largest absolute Gasteiger partial charge is 0.497 e. The number of carbonyl (C=O) groups is 3. The molecule has 262 valence electrons. The van der Waals surface area contributed by atoms with Gasteiger partial charge in [-0.2, -0.15) is 0 Å². The zero-order valence-electron chi connectivity index (χ0n) is 28.7. The second kappa shape index (κ2) is 17.2. The molecule has 0 heterocycles. The van der Waals surface area contributed by atoms with Gasteiger partial charge in [-0.15, -0.1) is 0 Å². The maximum absolute atomic E-state index is 14.1. The Labute approximate surface area is 292 Å². The Morgan fingerprint density at radius 1 is 0.820 bits per heavy atom. The van der Waals surface area contributed by atoms with Crippen molar-refractivity contribution in [3.05, 3.63) is 108 Å². The summed E-state index contributed by atoms with van der Waals surface area (Å²) in [6, 6.07) is 29.2. The molecule has 3 N–H and O–H groups in total. The SMILES string of the molecule is CCCC[C@H](N)C(=O)N(CCN(C(=O)OCC1c2ccccc2-c2ccccc21)c1ccc(OC)cc1OC)NC(=O)COc1ccccc1. The predicted molar refractivity (Wildman–Crippen MR) is 191 cm³/mol. The number of hydrazine groups is 1. The Hall–Kier alpha value is -5.55. The van der Waals surface area contributed by atoms with Crippen molar-refractivity contribution in [3.63, 3.8) is 0 Å². The van der Waals surface area contributed by atoms with Crippen LogP contribution in [0.2, 0.25) is 0 Å². The van der Waals surface area contributed by atoms with Gasteiger partial charge in [-0.3, -0.25) is 24.9 Å². The highest BCUT2D eigenvalue weighted by Crippen LogP contribution is 2.44. The van der Waals surface area contributed by atoms with E-state index in [0.29, 0.717) is 29.4 Å². The minimum atomic E-state index is -0.858. The van der Waals surface area contributed by atoms with E-state index in [2.05, 4.69) is 17.6 Å². The molecule has 0 unspecified atom stereocenters. The van der Waals surface area contributed by atoms with Crippen molar-refractivity contribution < 1.29 is 33.3 Å². The van der Waals surface area contributed by atoms with Crippen LogP contribution in [0, 0.1) is 0 Å². The molecule has 4 aromatic rings. The molecule has 0 spiro atoms. The van der Waals surface area contributed by atoms with Gasteiger partial charge in [0.25, 0.3) is 11.8 Å². The van der Waals surface area contributed by atoms with Crippen LogP contribution in [0.5, 0.6) is 17.2 Å². The highest BCUT2D eigenvalue weighted by atomic mass is 16.6. The van der Waals surface area contributed by atoms with Crippen molar-refractivity contribution in [1.29, 1.82) is 0 Å². The number of nitrogens with zero attached hydrogens (tertiary/aromatic N) is 2. The van der Waals surface area contributed by atoms with Crippen molar-refractivity contribution >= 4 is 23.6 Å². The lowest BCUT2D eigenvalue weighted by molar-refractivity contribution is -0.143. The van der Waals surface area contributed by atoms with E-state index >= 15 is 0 Å². The van der Waals surface area contributed by atoms with Crippen molar-refractivity contribution in [2.45, 2.75) is 38.1 Å². The number of hydrogen-bond acceptors (Lipinski definition) is 8. The predicted octanol–water partition coefficient (Wildman–Crippen LogP) is 5.92. The van der Waals surface area contributed by atoms with Gasteiger partial charge in [0, 0.05) is 18.5 Å². The lowest BCUT2D eigenvalue weighted by Gasteiger charge is -2.30. The number of amides is 3. The van der Waals surface area contributed by atoms with E-state index in [-0.39, 0.29) is 32.2 Å². The van der Waals surface area contributed by atoms with Crippen LogP contribution in [0.15, 0.2) is 97.1 Å². The average Bonchev–Trinajstić information content (AvgIpc) is 3.48. The summed E-state index contributed by atoms with van der Waals surface area (Å²) in [6.07, 6.45) is 1.37. The molecular formula is C39H44N4O7. The molecule has 0 saturated carbocycles. The number of benzene rings is 4. The third-order valence-electron chi connectivity index (χ3n) is 8.61. The van der Waals surface area contributed by atoms with Crippen LogP contribution in [0.25, 0.3) is 11.1 Å². The van der Waals surface area contributed by atoms with Crippen molar-refractivity contribution in [2.24, 2.45) is 5.73 Å². The molecule has 1 aliphatic rings. The van der Waals surface area contributed by atoms with E-state index in [9.17, 15) is 14.4 Å². The van der Waals surface area contributed by atoms with Gasteiger partial charge >= 0.3 is 6.09 Å². The fourth-order valence-corrected chi connectivity index (χ4v) is 6.01. The standard InChI is InChI=1S/C39H44N4O7/c1-4-5-19-34(40)38(45)43(41-37(44)26-49-27-13-7-6-8-14-27)23-22-42(35-21-20-28(47-2)24-36(35)48-3)39(46)50-25-33-31-17-11-9-15-29(31)30-16-10-12-18-32(30)33/h6-18,20-21,24,33-34H,4-5,19,22-23,25-26,40H2,1-3H3,(H,41,44)/t34-/m0/s1. The molecule has 0 fully saturated rings. The molecular weight excluding hydrogens is 636 g/mol.